The Bertz CT molecular complexity index is 1370. The van der Waals surface area contributed by atoms with Gasteiger partial charge in [0, 0.05) is 22.9 Å². The van der Waals surface area contributed by atoms with Crippen LogP contribution in [-0.2, 0) is 9.53 Å². The van der Waals surface area contributed by atoms with Crippen molar-refractivity contribution in [2.75, 3.05) is 19.0 Å². The molecule has 0 atom stereocenters. The highest BCUT2D eigenvalue weighted by atomic mass is 16.5. The molecule has 0 bridgehead atoms. The number of aromatic amines is 2. The Labute approximate surface area is 167 Å². The molecule has 0 aliphatic carbocycles. The number of nitrogens with one attached hydrogen (secondary N) is 3. The minimum absolute atomic E-state index is 0.328. The molecule has 4 rings (SSSR count). The summed E-state index contributed by atoms with van der Waals surface area (Å²) >= 11 is 0. The third kappa shape index (κ3) is 3.65. The average molecular weight is 409 g/mol. The highest BCUT2D eigenvalue weighted by Crippen LogP contribution is 2.36. The number of rotatable bonds is 5. The Morgan fingerprint density at radius 3 is 2.60 bits per heavy atom. The van der Waals surface area contributed by atoms with Crippen molar-refractivity contribution in [3.63, 3.8) is 0 Å². The number of anilines is 1. The molecule has 0 saturated heterocycles. The number of carbonyl (C=O) groups is 2. The van der Waals surface area contributed by atoms with Crippen molar-refractivity contribution in [3.8, 4) is 5.75 Å². The maximum Gasteiger partial charge on any atom is 0.355 e. The van der Waals surface area contributed by atoms with Crippen molar-refractivity contribution in [1.29, 1.82) is 0 Å². The molecule has 152 valence electrons. The Balaban J connectivity index is 1.52. The van der Waals surface area contributed by atoms with Gasteiger partial charge in [0.2, 0.25) is 0 Å². The van der Waals surface area contributed by atoms with Crippen LogP contribution in [0.1, 0.15) is 10.5 Å². The average Bonchev–Trinajstić information content (AvgIpc) is 3.08. The van der Waals surface area contributed by atoms with Crippen LogP contribution in [0.2, 0.25) is 0 Å². The number of furan rings is 1. The molecule has 2 aromatic heterocycles. The van der Waals surface area contributed by atoms with E-state index in [-0.39, 0.29) is 5.69 Å². The number of aromatic nitrogens is 2. The van der Waals surface area contributed by atoms with Gasteiger partial charge in [-0.2, -0.15) is 0 Å². The van der Waals surface area contributed by atoms with Gasteiger partial charge >= 0.3 is 11.7 Å². The standard InChI is InChI=1S/C20H15N3O7/c1-28-16-6-11-10-4-2-3-5-14(10)30-15(11)7-12(16)21-18(25)9-29-19(26)13-8-17(24)23-20(27)22-13/h2-8H,9H2,1H3,(H,21,25)(H2,22,23,24,27). The van der Waals surface area contributed by atoms with Gasteiger partial charge in [-0.3, -0.25) is 14.6 Å². The number of hydrogen-bond acceptors (Lipinski definition) is 7. The van der Waals surface area contributed by atoms with Crippen molar-refractivity contribution in [2.45, 2.75) is 0 Å². The summed E-state index contributed by atoms with van der Waals surface area (Å²) in [6.45, 7) is -0.644. The van der Waals surface area contributed by atoms with E-state index in [1.165, 1.54) is 7.11 Å². The zero-order valence-electron chi connectivity index (χ0n) is 15.6. The molecule has 0 radical (unpaired) electrons. The van der Waals surface area contributed by atoms with Crippen molar-refractivity contribution in [1.82, 2.24) is 9.97 Å². The minimum atomic E-state index is -1.02. The number of methoxy groups -OCH3 is 1. The molecular weight excluding hydrogens is 394 g/mol. The molecule has 4 aromatic rings. The lowest BCUT2D eigenvalue weighted by molar-refractivity contribution is -0.119. The number of fused-ring (bicyclic) bond motifs is 3. The van der Waals surface area contributed by atoms with E-state index in [1.807, 2.05) is 29.2 Å². The van der Waals surface area contributed by atoms with Gasteiger partial charge in [-0.1, -0.05) is 18.2 Å². The first-order chi connectivity index (χ1) is 14.4. The minimum Gasteiger partial charge on any atom is -0.495 e. The monoisotopic (exact) mass is 409 g/mol. The lowest BCUT2D eigenvalue weighted by Gasteiger charge is -2.10. The first kappa shape index (κ1) is 19.0. The summed E-state index contributed by atoms with van der Waals surface area (Å²) in [6.07, 6.45) is 0. The van der Waals surface area contributed by atoms with Crippen LogP contribution in [0.4, 0.5) is 5.69 Å². The maximum atomic E-state index is 12.2. The maximum absolute atomic E-state index is 12.2. The van der Waals surface area contributed by atoms with Crippen LogP contribution in [0.15, 0.2) is 56.5 Å². The van der Waals surface area contributed by atoms with Crippen LogP contribution in [-0.4, -0.2) is 35.6 Å². The van der Waals surface area contributed by atoms with Crippen molar-refractivity contribution in [2.24, 2.45) is 0 Å². The third-order valence-corrected chi connectivity index (χ3v) is 4.29. The molecule has 0 aliphatic rings. The Morgan fingerprint density at radius 1 is 1.03 bits per heavy atom. The van der Waals surface area contributed by atoms with Gasteiger partial charge in [-0.25, -0.2) is 9.59 Å². The number of benzene rings is 2. The van der Waals surface area contributed by atoms with E-state index < -0.39 is 29.7 Å². The van der Waals surface area contributed by atoms with Gasteiger partial charge in [0.05, 0.1) is 12.8 Å². The second-order valence-electron chi connectivity index (χ2n) is 6.27. The quantitative estimate of drug-likeness (QED) is 0.426. The summed E-state index contributed by atoms with van der Waals surface area (Å²) in [7, 11) is 1.46. The smallest absolute Gasteiger partial charge is 0.355 e. The molecule has 10 heteroatoms. The van der Waals surface area contributed by atoms with Gasteiger partial charge in [-0.05, 0) is 12.1 Å². The second kappa shape index (κ2) is 7.59. The van der Waals surface area contributed by atoms with Crippen LogP contribution in [0.3, 0.4) is 0 Å². The van der Waals surface area contributed by atoms with E-state index in [0.29, 0.717) is 22.6 Å². The first-order valence-corrected chi connectivity index (χ1v) is 8.74. The summed E-state index contributed by atoms with van der Waals surface area (Å²) in [5.41, 5.74) is -0.418. The summed E-state index contributed by atoms with van der Waals surface area (Å²) in [6, 6.07) is 11.7. The van der Waals surface area contributed by atoms with Gasteiger partial charge < -0.3 is 24.2 Å². The van der Waals surface area contributed by atoms with Crippen molar-refractivity contribution in [3.05, 3.63) is 69.0 Å². The topological polar surface area (TPSA) is 143 Å². The van der Waals surface area contributed by atoms with Crippen LogP contribution in [0.5, 0.6) is 5.75 Å². The van der Waals surface area contributed by atoms with Gasteiger partial charge in [0.25, 0.3) is 11.5 Å². The summed E-state index contributed by atoms with van der Waals surface area (Å²) in [5.74, 6) is -1.27. The van der Waals surface area contributed by atoms with Crippen molar-refractivity contribution >= 4 is 39.5 Å². The molecule has 0 saturated carbocycles. The van der Waals surface area contributed by atoms with E-state index in [9.17, 15) is 19.2 Å². The molecule has 3 N–H and O–H groups in total. The van der Waals surface area contributed by atoms with Gasteiger partial charge in [-0.15, -0.1) is 0 Å². The Morgan fingerprint density at radius 2 is 1.83 bits per heavy atom. The molecule has 0 fully saturated rings. The first-order valence-electron chi connectivity index (χ1n) is 8.74. The summed E-state index contributed by atoms with van der Waals surface area (Å²) in [5, 5.41) is 4.32. The van der Waals surface area contributed by atoms with E-state index in [4.69, 9.17) is 13.9 Å². The van der Waals surface area contributed by atoms with Crippen LogP contribution in [0.25, 0.3) is 21.9 Å². The summed E-state index contributed by atoms with van der Waals surface area (Å²) < 4.78 is 16.0. The number of carbonyl (C=O) groups excluding carboxylic acids is 2. The summed E-state index contributed by atoms with van der Waals surface area (Å²) in [4.78, 5) is 50.7. The van der Waals surface area contributed by atoms with Crippen LogP contribution >= 0.6 is 0 Å². The van der Waals surface area contributed by atoms with E-state index in [1.54, 1.807) is 12.1 Å². The highest BCUT2D eigenvalue weighted by molar-refractivity contribution is 6.08. The zero-order chi connectivity index (χ0) is 21.3. The molecule has 30 heavy (non-hydrogen) atoms. The third-order valence-electron chi connectivity index (χ3n) is 4.29. The second-order valence-corrected chi connectivity index (χ2v) is 6.27. The zero-order valence-corrected chi connectivity index (χ0v) is 15.6. The van der Waals surface area contributed by atoms with E-state index >= 15 is 0 Å². The van der Waals surface area contributed by atoms with Crippen LogP contribution in [0, 0.1) is 0 Å². The molecular formula is C20H15N3O7. The fourth-order valence-electron chi connectivity index (χ4n) is 2.99. The molecule has 0 unspecified atom stereocenters. The largest absolute Gasteiger partial charge is 0.495 e. The predicted octanol–water partition coefficient (Wildman–Crippen LogP) is 1.77. The predicted molar refractivity (Wildman–Crippen MR) is 107 cm³/mol. The lowest BCUT2D eigenvalue weighted by atomic mass is 10.1. The number of ether oxygens (including phenoxy) is 2. The van der Waals surface area contributed by atoms with Crippen LogP contribution < -0.4 is 21.3 Å². The Hall–Kier alpha value is -4.34. The number of amides is 1. The highest BCUT2D eigenvalue weighted by Gasteiger charge is 2.16. The fraction of sp³-hybridized carbons (Fsp3) is 0.100. The SMILES string of the molecule is COc1cc2c(cc1NC(=O)COC(=O)c1cc(=O)[nH]c(=O)[nH]1)oc1ccccc12. The molecule has 0 spiro atoms. The molecule has 0 aliphatic heterocycles. The van der Waals surface area contributed by atoms with Gasteiger partial charge in [0.1, 0.15) is 22.6 Å². The number of para-hydroxylation sites is 1. The number of esters is 1. The van der Waals surface area contributed by atoms with E-state index in [2.05, 4.69) is 10.3 Å². The molecule has 2 aromatic carbocycles. The molecule has 2 heterocycles. The van der Waals surface area contributed by atoms with E-state index in [0.717, 1.165) is 16.8 Å². The molecule has 10 nitrogen and oxygen atoms in total. The Kier molecular flexibility index (Phi) is 4.80. The lowest BCUT2D eigenvalue weighted by Crippen LogP contribution is -2.27. The fourth-order valence-corrected chi connectivity index (χ4v) is 2.99. The number of hydrogen-bond donors (Lipinski definition) is 3. The molecule has 1 amide bonds. The number of H-pyrrole nitrogens is 2. The van der Waals surface area contributed by atoms with Crippen molar-refractivity contribution < 1.29 is 23.5 Å². The normalized spacial score (nSPS) is 10.8. The van der Waals surface area contributed by atoms with Gasteiger partial charge in [0.15, 0.2) is 6.61 Å².